The third-order valence-electron chi connectivity index (χ3n) is 7.45. The molecule has 8 aromatic rings. The van der Waals surface area contributed by atoms with Crippen molar-refractivity contribution < 1.29 is 11.3 Å². The van der Waals surface area contributed by atoms with E-state index in [4.69, 9.17) is 26.2 Å². The number of aromatic nitrogens is 3. The lowest BCUT2D eigenvalue weighted by Gasteiger charge is -2.10. The van der Waals surface area contributed by atoms with Gasteiger partial charge >= 0.3 is 0 Å². The van der Waals surface area contributed by atoms with Crippen LogP contribution in [-0.2, 0) is 0 Å². The van der Waals surface area contributed by atoms with Gasteiger partial charge in [0.2, 0.25) is 0 Å². The summed E-state index contributed by atoms with van der Waals surface area (Å²) in [7, 11) is 0. The van der Waals surface area contributed by atoms with E-state index in [1.165, 1.54) is 0 Å². The smallest absolute Gasteiger partial charge is 0.164 e. The van der Waals surface area contributed by atoms with Gasteiger partial charge in [0.05, 0.1) is 6.85 Å². The minimum absolute atomic E-state index is 0.140. The molecular weight excluding hydrogens is 526 g/mol. The maximum absolute atomic E-state index is 8.40. The second kappa shape index (κ2) is 10.5. The summed E-state index contributed by atoms with van der Waals surface area (Å²) in [5.74, 6) is 1.41. The molecule has 0 radical (unpaired) electrons. The van der Waals surface area contributed by atoms with Crippen LogP contribution in [0, 0.1) is 0 Å². The van der Waals surface area contributed by atoms with E-state index in [9.17, 15) is 0 Å². The molecule has 0 spiro atoms. The van der Waals surface area contributed by atoms with Crippen LogP contribution in [0.25, 0.3) is 78.4 Å². The third-order valence-corrected chi connectivity index (χ3v) is 7.45. The van der Waals surface area contributed by atoms with Crippen LogP contribution in [0.4, 0.5) is 0 Å². The Morgan fingerprint density at radius 1 is 0.395 bits per heavy atom. The van der Waals surface area contributed by atoms with Gasteiger partial charge in [0.25, 0.3) is 0 Å². The largest absolute Gasteiger partial charge is 0.456 e. The van der Waals surface area contributed by atoms with Crippen molar-refractivity contribution >= 4 is 21.9 Å². The molecule has 4 nitrogen and oxygen atoms in total. The van der Waals surface area contributed by atoms with E-state index in [1.807, 2.05) is 78.9 Å². The summed E-state index contributed by atoms with van der Waals surface area (Å²) in [6.45, 7) is 0. The van der Waals surface area contributed by atoms with Gasteiger partial charge in [0.15, 0.2) is 17.5 Å². The first-order chi connectivity index (χ1) is 23.4. The molecule has 0 aliphatic heterocycles. The van der Waals surface area contributed by atoms with Crippen LogP contribution >= 0.6 is 0 Å². The third kappa shape index (κ3) is 4.55. The summed E-state index contributed by atoms with van der Waals surface area (Å²) in [4.78, 5) is 14.8. The molecule has 43 heavy (non-hydrogen) atoms. The van der Waals surface area contributed by atoms with Crippen molar-refractivity contribution in [1.82, 2.24) is 15.0 Å². The molecule has 0 aliphatic rings. The number of benzene rings is 6. The number of fused-ring (bicyclic) bond motifs is 3. The van der Waals surface area contributed by atoms with Crippen LogP contribution in [0.3, 0.4) is 0 Å². The van der Waals surface area contributed by atoms with Gasteiger partial charge in [-0.3, -0.25) is 0 Å². The van der Waals surface area contributed by atoms with Gasteiger partial charge in [-0.1, -0.05) is 139 Å². The summed E-state index contributed by atoms with van der Waals surface area (Å²) < 4.78 is 47.3. The highest BCUT2D eigenvalue weighted by molar-refractivity contribution is 6.17. The van der Waals surface area contributed by atoms with Crippen molar-refractivity contribution in [3.8, 4) is 56.4 Å². The Morgan fingerprint density at radius 3 is 1.56 bits per heavy atom. The van der Waals surface area contributed by atoms with E-state index in [0.717, 1.165) is 44.2 Å². The Morgan fingerprint density at radius 2 is 0.907 bits per heavy atom. The zero-order valence-corrected chi connectivity index (χ0v) is 22.8. The summed E-state index contributed by atoms with van der Waals surface area (Å²) in [5.41, 5.74) is 6.54. The topological polar surface area (TPSA) is 51.8 Å². The number of furan rings is 1. The Labute approximate surface area is 256 Å². The first-order valence-electron chi connectivity index (χ1n) is 16.4. The van der Waals surface area contributed by atoms with Crippen LogP contribution in [0.1, 0.15) is 6.85 Å². The molecule has 2 aromatic heterocycles. The van der Waals surface area contributed by atoms with Crippen LogP contribution in [0.5, 0.6) is 0 Å². The minimum atomic E-state index is -0.423. The summed E-state index contributed by atoms with van der Waals surface area (Å²) >= 11 is 0. The number of nitrogens with zero attached hydrogens (tertiary/aromatic N) is 3. The van der Waals surface area contributed by atoms with Gasteiger partial charge in [0.1, 0.15) is 11.2 Å². The van der Waals surface area contributed by atoms with Crippen LogP contribution < -0.4 is 0 Å². The lowest BCUT2D eigenvalue weighted by atomic mass is 9.97. The zero-order chi connectivity index (χ0) is 32.9. The highest BCUT2D eigenvalue weighted by Crippen LogP contribution is 2.41. The lowest BCUT2D eigenvalue weighted by molar-refractivity contribution is 0.669. The Hall–Kier alpha value is -5.87. The average Bonchev–Trinajstić information content (AvgIpc) is 3.53. The fourth-order valence-electron chi connectivity index (χ4n) is 5.43. The second-order valence-corrected chi connectivity index (χ2v) is 10.1. The van der Waals surface area contributed by atoms with E-state index < -0.39 is 6.04 Å². The van der Waals surface area contributed by atoms with Crippen LogP contribution in [0.15, 0.2) is 156 Å². The van der Waals surface area contributed by atoms with Gasteiger partial charge in [0, 0.05) is 27.5 Å². The molecule has 0 amide bonds. The van der Waals surface area contributed by atoms with Gasteiger partial charge in [-0.25, -0.2) is 15.0 Å². The standard InChI is InChI=1S/C39H25N3O/c1-4-12-26(13-5-1)27-22-24-30(25-23-27)38-40-37(29-16-8-3-9-17-29)41-39(42-38)32-19-11-21-34-36(32)35-31(18-10-20-33(35)43-34)28-14-6-2-7-15-28/h1-25H/i1D,4D,5D,12D,13D. The lowest BCUT2D eigenvalue weighted by Crippen LogP contribution is -2.00. The fraction of sp³-hybridized carbons (Fsp3) is 0. The molecule has 0 fully saturated rings. The Balaban J connectivity index is 1.33. The van der Waals surface area contributed by atoms with Crippen molar-refractivity contribution in [1.29, 1.82) is 0 Å². The monoisotopic (exact) mass is 556 g/mol. The maximum atomic E-state index is 8.40. The number of rotatable bonds is 5. The first kappa shape index (κ1) is 20.1. The summed E-state index contributed by atoms with van der Waals surface area (Å²) in [6, 6.07) is 37.2. The number of hydrogen-bond donors (Lipinski definition) is 0. The molecule has 0 saturated heterocycles. The zero-order valence-electron chi connectivity index (χ0n) is 27.8. The summed E-state index contributed by atoms with van der Waals surface area (Å²) in [5, 5.41) is 1.88. The first-order valence-corrected chi connectivity index (χ1v) is 13.9. The van der Waals surface area contributed by atoms with Crippen molar-refractivity contribution in [2.75, 3.05) is 0 Å². The molecule has 0 saturated carbocycles. The maximum Gasteiger partial charge on any atom is 0.164 e. The highest BCUT2D eigenvalue weighted by Gasteiger charge is 2.20. The normalized spacial score (nSPS) is 12.9. The molecular formula is C39H25N3O. The summed E-state index contributed by atoms with van der Waals surface area (Å²) in [6.07, 6.45) is 0. The van der Waals surface area contributed by atoms with E-state index in [2.05, 4.69) is 18.2 Å². The Bertz CT molecular complexity index is 2470. The molecule has 0 aliphatic carbocycles. The van der Waals surface area contributed by atoms with E-state index in [0.29, 0.717) is 28.6 Å². The van der Waals surface area contributed by atoms with Crippen molar-refractivity contribution in [2.24, 2.45) is 0 Å². The van der Waals surface area contributed by atoms with Crippen molar-refractivity contribution in [2.45, 2.75) is 0 Å². The van der Waals surface area contributed by atoms with E-state index in [-0.39, 0.29) is 29.7 Å². The SMILES string of the molecule is [2H]c1c([2H])c([2H])c(-c2ccc(-c3nc(-c4ccccc4)nc(-c4cccc5oc6cccc(-c7ccccc7)c6c45)n3)cc2)c([2H])c1[2H]. The Kier molecular flexibility index (Phi) is 4.91. The highest BCUT2D eigenvalue weighted by atomic mass is 16.3. The molecule has 0 unspecified atom stereocenters. The van der Waals surface area contributed by atoms with Crippen molar-refractivity contribution in [3.63, 3.8) is 0 Å². The van der Waals surface area contributed by atoms with E-state index in [1.54, 1.807) is 24.3 Å². The molecule has 0 atom stereocenters. The molecule has 6 aromatic carbocycles. The predicted octanol–water partition coefficient (Wildman–Crippen LogP) is 10.1. The second-order valence-electron chi connectivity index (χ2n) is 10.1. The van der Waals surface area contributed by atoms with Crippen molar-refractivity contribution in [3.05, 3.63) is 152 Å². The van der Waals surface area contributed by atoms with Crippen LogP contribution in [0.2, 0.25) is 0 Å². The van der Waals surface area contributed by atoms with Crippen LogP contribution in [-0.4, -0.2) is 15.0 Å². The molecule has 0 N–H and O–H groups in total. The average molecular weight is 557 g/mol. The van der Waals surface area contributed by atoms with Gasteiger partial charge < -0.3 is 4.42 Å². The quantitative estimate of drug-likeness (QED) is 0.212. The molecule has 8 rings (SSSR count). The predicted molar refractivity (Wildman–Crippen MR) is 174 cm³/mol. The molecule has 0 bridgehead atoms. The molecule has 202 valence electrons. The molecule has 4 heteroatoms. The van der Waals surface area contributed by atoms with E-state index >= 15 is 0 Å². The van der Waals surface area contributed by atoms with Gasteiger partial charge in [-0.05, 0) is 34.4 Å². The van der Waals surface area contributed by atoms with Gasteiger partial charge in [-0.2, -0.15) is 0 Å². The number of hydrogen-bond acceptors (Lipinski definition) is 4. The molecule has 2 heterocycles. The fourth-order valence-corrected chi connectivity index (χ4v) is 5.43. The van der Waals surface area contributed by atoms with Gasteiger partial charge in [-0.15, -0.1) is 0 Å². The minimum Gasteiger partial charge on any atom is -0.456 e.